The van der Waals surface area contributed by atoms with E-state index < -0.39 is 0 Å². The fraction of sp³-hybridized carbons (Fsp3) is 0.700. The maximum Gasteiger partial charge on any atom is 0.315 e. The molecule has 2 N–H and O–H groups in total. The van der Waals surface area contributed by atoms with Crippen LogP contribution in [0.15, 0.2) is 12.2 Å². The zero-order valence-electron chi connectivity index (χ0n) is 7.78. The monoisotopic (exact) mass is 180 g/mol. The summed E-state index contributed by atoms with van der Waals surface area (Å²) in [6.45, 7) is 0.845. The fourth-order valence-electron chi connectivity index (χ4n) is 2.42. The van der Waals surface area contributed by atoms with Crippen molar-refractivity contribution in [3.05, 3.63) is 12.2 Å². The van der Waals surface area contributed by atoms with Crippen LogP contribution >= 0.6 is 0 Å². The van der Waals surface area contributed by atoms with Gasteiger partial charge in [0.1, 0.15) is 0 Å². The van der Waals surface area contributed by atoms with Crippen molar-refractivity contribution >= 4 is 6.03 Å². The van der Waals surface area contributed by atoms with Crippen molar-refractivity contribution in [1.82, 2.24) is 4.90 Å². The van der Waals surface area contributed by atoms with Crippen LogP contribution in [0.3, 0.4) is 0 Å². The summed E-state index contributed by atoms with van der Waals surface area (Å²) in [5.74, 6) is 0.683. The summed E-state index contributed by atoms with van der Waals surface area (Å²) in [7, 11) is 0. The summed E-state index contributed by atoms with van der Waals surface area (Å²) < 4.78 is 0. The molecule has 2 rings (SSSR count). The van der Waals surface area contributed by atoms with Crippen molar-refractivity contribution in [2.75, 3.05) is 6.54 Å². The molecule has 1 saturated heterocycles. The number of fused-ring (bicyclic) bond motifs is 2. The molecule has 0 spiro atoms. The smallest absolute Gasteiger partial charge is 0.315 e. The minimum atomic E-state index is -0.249. The Kier molecular flexibility index (Phi) is 2.25. The molecular weight excluding hydrogens is 164 g/mol. The Bertz CT molecular complexity index is 237. The summed E-state index contributed by atoms with van der Waals surface area (Å²) in [5, 5.41) is 0. The zero-order valence-corrected chi connectivity index (χ0v) is 7.78. The topological polar surface area (TPSA) is 46.3 Å². The number of allylic oxidation sites excluding steroid dienone is 1. The molecule has 1 fully saturated rings. The molecule has 3 nitrogen and oxygen atoms in total. The average Bonchev–Trinajstić information content (AvgIpc) is 2.25. The molecule has 2 unspecified atom stereocenters. The van der Waals surface area contributed by atoms with E-state index in [4.69, 9.17) is 5.73 Å². The lowest BCUT2D eigenvalue weighted by molar-refractivity contribution is 0.182. The van der Waals surface area contributed by atoms with Crippen molar-refractivity contribution < 1.29 is 4.79 Å². The molecule has 1 aliphatic carbocycles. The van der Waals surface area contributed by atoms with Gasteiger partial charge in [0.2, 0.25) is 0 Å². The highest BCUT2D eigenvalue weighted by molar-refractivity contribution is 5.72. The number of nitrogens with zero attached hydrogens (tertiary/aromatic N) is 1. The summed E-state index contributed by atoms with van der Waals surface area (Å²) in [5.41, 5.74) is 5.34. The van der Waals surface area contributed by atoms with Crippen LogP contribution < -0.4 is 5.73 Å². The largest absolute Gasteiger partial charge is 0.351 e. The van der Waals surface area contributed by atoms with E-state index in [9.17, 15) is 4.79 Å². The van der Waals surface area contributed by atoms with Gasteiger partial charge in [0.15, 0.2) is 0 Å². The maximum absolute atomic E-state index is 11.1. The van der Waals surface area contributed by atoms with Crippen LogP contribution in [0.25, 0.3) is 0 Å². The summed E-state index contributed by atoms with van der Waals surface area (Å²) in [6.07, 6.45) is 8.88. The van der Waals surface area contributed by atoms with Crippen LogP contribution in [0.5, 0.6) is 0 Å². The SMILES string of the molecule is NC(=O)N1CCCC2C=CCC1C2. The third-order valence-corrected chi connectivity index (χ3v) is 3.09. The number of rotatable bonds is 0. The van der Waals surface area contributed by atoms with Crippen LogP contribution in [-0.4, -0.2) is 23.5 Å². The molecular formula is C10H16N2O. The van der Waals surface area contributed by atoms with Gasteiger partial charge in [-0.2, -0.15) is 0 Å². The first-order chi connectivity index (χ1) is 6.27. The van der Waals surface area contributed by atoms with E-state index in [2.05, 4.69) is 12.2 Å². The summed E-state index contributed by atoms with van der Waals surface area (Å²) in [4.78, 5) is 13.0. The van der Waals surface area contributed by atoms with E-state index in [0.29, 0.717) is 12.0 Å². The van der Waals surface area contributed by atoms with Gasteiger partial charge in [-0.15, -0.1) is 0 Å². The molecule has 0 radical (unpaired) electrons. The molecule has 2 amide bonds. The van der Waals surface area contributed by atoms with Crippen LogP contribution in [0, 0.1) is 5.92 Å². The molecule has 0 aromatic heterocycles. The van der Waals surface area contributed by atoms with Crippen molar-refractivity contribution in [2.45, 2.75) is 31.7 Å². The Balaban J connectivity index is 2.13. The van der Waals surface area contributed by atoms with Crippen molar-refractivity contribution in [1.29, 1.82) is 0 Å². The highest BCUT2D eigenvalue weighted by Crippen LogP contribution is 2.29. The number of hydrogen-bond acceptors (Lipinski definition) is 1. The number of amides is 2. The van der Waals surface area contributed by atoms with E-state index in [0.717, 1.165) is 25.8 Å². The Labute approximate surface area is 78.6 Å². The number of likely N-dealkylation sites (tertiary alicyclic amines) is 1. The second kappa shape index (κ2) is 3.40. The molecule has 72 valence electrons. The van der Waals surface area contributed by atoms with Gasteiger partial charge in [0.05, 0.1) is 0 Å². The third-order valence-electron chi connectivity index (χ3n) is 3.09. The van der Waals surface area contributed by atoms with Crippen molar-refractivity contribution in [3.8, 4) is 0 Å². The van der Waals surface area contributed by atoms with Gasteiger partial charge in [-0.25, -0.2) is 4.79 Å². The first-order valence-corrected chi connectivity index (χ1v) is 5.00. The first kappa shape index (κ1) is 8.60. The molecule has 1 heterocycles. The highest BCUT2D eigenvalue weighted by Gasteiger charge is 2.28. The zero-order chi connectivity index (χ0) is 9.26. The number of urea groups is 1. The van der Waals surface area contributed by atoms with Crippen molar-refractivity contribution in [2.24, 2.45) is 11.7 Å². The van der Waals surface area contributed by atoms with E-state index in [-0.39, 0.29) is 6.03 Å². The predicted molar refractivity (Wildman–Crippen MR) is 51.2 cm³/mol. The van der Waals surface area contributed by atoms with E-state index >= 15 is 0 Å². The molecule has 1 aliphatic heterocycles. The molecule has 0 aromatic rings. The van der Waals surface area contributed by atoms with Gasteiger partial charge in [0, 0.05) is 12.6 Å². The van der Waals surface area contributed by atoms with Gasteiger partial charge in [-0.05, 0) is 31.6 Å². The molecule has 2 aliphatic rings. The standard InChI is InChI=1S/C10H16N2O/c11-10(13)12-6-2-4-8-3-1-5-9(12)7-8/h1,3,8-9H,2,4-7H2,(H2,11,13). The van der Waals surface area contributed by atoms with E-state index in [1.807, 2.05) is 4.90 Å². The lowest BCUT2D eigenvalue weighted by atomic mass is 9.90. The Hall–Kier alpha value is -0.990. The number of carbonyl (C=O) groups excluding carboxylic acids is 1. The minimum absolute atomic E-state index is 0.249. The van der Waals surface area contributed by atoms with Gasteiger partial charge < -0.3 is 10.6 Å². The second-order valence-electron chi connectivity index (χ2n) is 3.99. The van der Waals surface area contributed by atoms with E-state index in [1.54, 1.807) is 0 Å². The Morgan fingerprint density at radius 3 is 3.15 bits per heavy atom. The van der Waals surface area contributed by atoms with Crippen LogP contribution in [0.4, 0.5) is 4.79 Å². The highest BCUT2D eigenvalue weighted by atomic mass is 16.2. The third kappa shape index (κ3) is 1.69. The average molecular weight is 180 g/mol. The molecule has 3 heteroatoms. The molecule has 2 atom stereocenters. The molecule has 0 aromatic carbocycles. The summed E-state index contributed by atoms with van der Waals surface area (Å²) in [6, 6.07) is 0.121. The van der Waals surface area contributed by atoms with Crippen LogP contribution in [0.1, 0.15) is 25.7 Å². The van der Waals surface area contributed by atoms with Gasteiger partial charge in [-0.1, -0.05) is 12.2 Å². The van der Waals surface area contributed by atoms with Gasteiger partial charge in [-0.3, -0.25) is 0 Å². The number of nitrogens with two attached hydrogens (primary N) is 1. The second-order valence-corrected chi connectivity index (χ2v) is 3.99. The Morgan fingerprint density at radius 2 is 2.38 bits per heavy atom. The quantitative estimate of drug-likeness (QED) is 0.564. The fourth-order valence-corrected chi connectivity index (χ4v) is 2.42. The number of carbonyl (C=O) groups is 1. The molecule has 13 heavy (non-hydrogen) atoms. The molecule has 2 bridgehead atoms. The van der Waals surface area contributed by atoms with E-state index in [1.165, 1.54) is 6.42 Å². The maximum atomic E-state index is 11.1. The Morgan fingerprint density at radius 1 is 1.54 bits per heavy atom. The van der Waals surface area contributed by atoms with Gasteiger partial charge >= 0.3 is 6.03 Å². The molecule has 0 saturated carbocycles. The first-order valence-electron chi connectivity index (χ1n) is 5.00. The summed E-state index contributed by atoms with van der Waals surface area (Å²) >= 11 is 0. The van der Waals surface area contributed by atoms with Gasteiger partial charge in [0.25, 0.3) is 0 Å². The lowest BCUT2D eigenvalue weighted by Gasteiger charge is -2.30. The number of primary amides is 1. The van der Waals surface area contributed by atoms with Crippen molar-refractivity contribution in [3.63, 3.8) is 0 Å². The van der Waals surface area contributed by atoms with Crippen LogP contribution in [-0.2, 0) is 0 Å². The normalized spacial score (nSPS) is 32.8. The predicted octanol–water partition coefficient (Wildman–Crippen LogP) is 1.50. The van der Waals surface area contributed by atoms with Crippen LogP contribution in [0.2, 0.25) is 0 Å². The lowest BCUT2D eigenvalue weighted by Crippen LogP contribution is -2.43. The number of hydrogen-bond donors (Lipinski definition) is 1. The minimum Gasteiger partial charge on any atom is -0.351 e.